The summed E-state index contributed by atoms with van der Waals surface area (Å²) in [5, 5.41) is 0. The van der Waals surface area contributed by atoms with Gasteiger partial charge in [0.25, 0.3) is 0 Å². The van der Waals surface area contributed by atoms with E-state index in [0.29, 0.717) is 12.5 Å². The molecular formula is C12H25O2S2. The molecule has 0 saturated heterocycles. The van der Waals surface area contributed by atoms with Gasteiger partial charge in [-0.3, -0.25) is 0 Å². The van der Waals surface area contributed by atoms with E-state index >= 15 is 0 Å². The third-order valence-corrected chi connectivity index (χ3v) is 4.04. The van der Waals surface area contributed by atoms with Gasteiger partial charge in [0.05, 0.1) is 6.61 Å². The minimum atomic E-state index is -0.451. The Bertz CT molecular complexity index is 172. The monoisotopic (exact) mass is 265 g/mol. The molecule has 0 saturated carbocycles. The van der Waals surface area contributed by atoms with Crippen LogP contribution in [0.2, 0.25) is 0 Å². The zero-order valence-corrected chi connectivity index (χ0v) is 12.7. The van der Waals surface area contributed by atoms with Crippen molar-refractivity contribution >= 4 is 24.4 Å². The molecule has 0 aliphatic carbocycles. The molecule has 16 heavy (non-hydrogen) atoms. The van der Waals surface area contributed by atoms with Gasteiger partial charge in [0, 0.05) is 6.61 Å². The molecule has 0 heterocycles. The van der Waals surface area contributed by atoms with Crippen LogP contribution in [0, 0.1) is 5.92 Å². The molecule has 0 aliphatic rings. The molecule has 2 nitrogen and oxygen atoms in total. The molecule has 0 aromatic carbocycles. The van der Waals surface area contributed by atoms with Gasteiger partial charge in [-0.05, 0) is 31.9 Å². The van der Waals surface area contributed by atoms with Crippen molar-refractivity contribution in [2.45, 2.75) is 51.4 Å². The Kier molecular flexibility index (Phi) is 9.01. The molecule has 2 unspecified atom stereocenters. The first-order valence-corrected chi connectivity index (χ1v) is 7.44. The topological polar surface area (TPSA) is 18.5 Å². The van der Waals surface area contributed by atoms with E-state index in [-0.39, 0.29) is 5.44 Å². The Hall–Kier alpha value is 0.620. The van der Waals surface area contributed by atoms with Crippen LogP contribution in [0.25, 0.3) is 0 Å². The Labute approximate surface area is 110 Å². The Morgan fingerprint density at radius 1 is 1.31 bits per heavy atom. The van der Waals surface area contributed by atoms with Crippen molar-refractivity contribution in [3.05, 3.63) is 0 Å². The predicted octanol–water partition coefficient (Wildman–Crippen LogP) is 4.08. The molecule has 0 aliphatic heterocycles. The Morgan fingerprint density at radius 3 is 2.38 bits per heavy atom. The zero-order valence-electron chi connectivity index (χ0n) is 11.1. The van der Waals surface area contributed by atoms with Crippen molar-refractivity contribution in [1.29, 1.82) is 0 Å². The maximum absolute atomic E-state index is 5.69. The van der Waals surface area contributed by atoms with Crippen molar-refractivity contribution in [1.82, 2.24) is 0 Å². The molecule has 0 fully saturated rings. The lowest BCUT2D eigenvalue weighted by atomic mass is 10.3. The molecule has 0 N–H and O–H groups in total. The average molecular weight is 265 g/mol. The number of hydrogen-bond donors (Lipinski definition) is 0. The van der Waals surface area contributed by atoms with Crippen molar-refractivity contribution in [3.8, 4) is 0 Å². The molecule has 97 valence electrons. The zero-order chi connectivity index (χ0) is 12.6. The van der Waals surface area contributed by atoms with Gasteiger partial charge in [-0.25, -0.2) is 0 Å². The molecule has 0 spiro atoms. The van der Waals surface area contributed by atoms with E-state index in [1.165, 1.54) is 0 Å². The number of rotatable bonds is 9. The van der Waals surface area contributed by atoms with Crippen LogP contribution in [0.15, 0.2) is 0 Å². The van der Waals surface area contributed by atoms with Crippen LogP contribution in [0.3, 0.4) is 0 Å². The average Bonchev–Trinajstić information content (AvgIpc) is 2.22. The smallest absolute Gasteiger partial charge is 0.126 e. The van der Waals surface area contributed by atoms with Crippen LogP contribution in [-0.2, 0) is 9.47 Å². The summed E-state index contributed by atoms with van der Waals surface area (Å²) in [7, 11) is 0. The fourth-order valence-corrected chi connectivity index (χ4v) is 2.04. The predicted molar refractivity (Wildman–Crippen MR) is 74.9 cm³/mol. The Morgan fingerprint density at radius 2 is 1.94 bits per heavy atom. The molecule has 0 aromatic heterocycles. The maximum Gasteiger partial charge on any atom is 0.126 e. The van der Waals surface area contributed by atoms with Gasteiger partial charge in [-0.2, -0.15) is 0 Å². The van der Waals surface area contributed by atoms with Crippen LogP contribution in [0.4, 0.5) is 0 Å². The normalized spacial score (nSPS) is 17.4. The third-order valence-electron chi connectivity index (χ3n) is 2.13. The third kappa shape index (κ3) is 8.74. The quantitative estimate of drug-likeness (QED) is 0.585. The van der Waals surface area contributed by atoms with Crippen molar-refractivity contribution in [3.63, 3.8) is 0 Å². The lowest BCUT2D eigenvalue weighted by molar-refractivity contribution is -0.0155. The second-order valence-electron chi connectivity index (χ2n) is 4.41. The summed E-state index contributed by atoms with van der Waals surface area (Å²) < 4.78 is 11.3. The summed E-state index contributed by atoms with van der Waals surface area (Å²) in [4.78, 5) is -0.451. The molecule has 4 heteroatoms. The fourth-order valence-electron chi connectivity index (χ4n) is 0.976. The van der Waals surface area contributed by atoms with Gasteiger partial charge in [0.1, 0.15) is 10.4 Å². The largest absolute Gasteiger partial charge is 0.365 e. The van der Waals surface area contributed by atoms with E-state index in [9.17, 15) is 0 Å². The van der Waals surface area contributed by atoms with Gasteiger partial charge in [-0.15, -0.1) is 11.8 Å². The second kappa shape index (κ2) is 8.67. The van der Waals surface area contributed by atoms with Gasteiger partial charge < -0.3 is 9.47 Å². The Balaban J connectivity index is 3.93. The highest BCUT2D eigenvalue weighted by Gasteiger charge is 2.21. The lowest BCUT2D eigenvalue weighted by Gasteiger charge is -2.25. The van der Waals surface area contributed by atoms with Crippen LogP contribution in [0.1, 0.15) is 41.0 Å². The summed E-state index contributed by atoms with van der Waals surface area (Å²) >= 11 is 7.11. The molecular weight excluding hydrogens is 240 g/mol. The first-order chi connectivity index (χ1) is 7.41. The molecule has 0 rings (SSSR count). The van der Waals surface area contributed by atoms with E-state index in [1.807, 2.05) is 32.5 Å². The highest BCUT2D eigenvalue weighted by atomic mass is 32.2. The minimum absolute atomic E-state index is 0.112. The SMILES string of the molecule is CCOC(COC(C)([S])CC)SCC(C)C. The molecule has 1 radical (unpaired) electrons. The highest BCUT2D eigenvalue weighted by Crippen LogP contribution is 2.23. The van der Waals surface area contributed by atoms with Crippen molar-refractivity contribution in [2.24, 2.45) is 5.92 Å². The molecule has 0 aromatic rings. The summed E-state index contributed by atoms with van der Waals surface area (Å²) in [6.45, 7) is 11.7. The summed E-state index contributed by atoms with van der Waals surface area (Å²) in [6.07, 6.45) is 0.843. The van der Waals surface area contributed by atoms with Crippen LogP contribution < -0.4 is 0 Å². The van der Waals surface area contributed by atoms with Gasteiger partial charge >= 0.3 is 0 Å². The number of thioether (sulfide) groups is 1. The number of hydrogen-bond acceptors (Lipinski definition) is 3. The van der Waals surface area contributed by atoms with Crippen molar-refractivity contribution in [2.75, 3.05) is 19.0 Å². The molecule has 2 atom stereocenters. The van der Waals surface area contributed by atoms with Gasteiger partial charge in [0.15, 0.2) is 0 Å². The first kappa shape index (κ1) is 16.6. The standard InChI is InChI=1S/C12H25O2S2/c1-6-12(5,15)14-8-11(13-7-2)16-9-10(3)4/h10-11H,6-9H2,1-5H3. The van der Waals surface area contributed by atoms with E-state index in [2.05, 4.69) is 13.8 Å². The van der Waals surface area contributed by atoms with E-state index < -0.39 is 4.93 Å². The second-order valence-corrected chi connectivity index (χ2v) is 6.47. The first-order valence-electron chi connectivity index (χ1n) is 5.98. The van der Waals surface area contributed by atoms with Crippen LogP contribution in [-0.4, -0.2) is 29.3 Å². The molecule has 0 bridgehead atoms. The summed E-state index contributed by atoms with van der Waals surface area (Å²) in [5.41, 5.74) is 0.112. The fraction of sp³-hybridized carbons (Fsp3) is 1.00. The van der Waals surface area contributed by atoms with E-state index in [4.69, 9.17) is 22.1 Å². The number of ether oxygens (including phenoxy) is 2. The lowest BCUT2D eigenvalue weighted by Crippen LogP contribution is -2.27. The maximum atomic E-state index is 5.69. The van der Waals surface area contributed by atoms with Crippen molar-refractivity contribution < 1.29 is 9.47 Å². The summed E-state index contributed by atoms with van der Waals surface area (Å²) in [5.74, 6) is 1.77. The van der Waals surface area contributed by atoms with E-state index in [1.54, 1.807) is 0 Å². The van der Waals surface area contributed by atoms with E-state index in [0.717, 1.165) is 18.8 Å². The van der Waals surface area contributed by atoms with Crippen LogP contribution >= 0.6 is 24.4 Å². The highest BCUT2D eigenvalue weighted by molar-refractivity contribution is 7.99. The van der Waals surface area contributed by atoms with Gasteiger partial charge in [0.2, 0.25) is 0 Å². The molecule has 0 amide bonds. The summed E-state index contributed by atoms with van der Waals surface area (Å²) in [6, 6.07) is 0. The minimum Gasteiger partial charge on any atom is -0.365 e. The van der Waals surface area contributed by atoms with Crippen LogP contribution in [0.5, 0.6) is 0 Å². The van der Waals surface area contributed by atoms with Gasteiger partial charge in [-0.1, -0.05) is 33.4 Å².